The first-order valence-corrected chi connectivity index (χ1v) is 21.3. The van der Waals surface area contributed by atoms with Crippen molar-refractivity contribution in [1.29, 1.82) is 0 Å². The van der Waals surface area contributed by atoms with Gasteiger partial charge in [-0.2, -0.15) is 0 Å². The third-order valence-electron chi connectivity index (χ3n) is 9.02. The zero-order valence-corrected chi connectivity index (χ0v) is 33.3. The fourth-order valence-corrected chi connectivity index (χ4v) is 7.08. The van der Waals surface area contributed by atoms with Crippen LogP contribution in [-0.4, -0.2) is 34.7 Å². The maximum atomic E-state index is 13.8. The molecule has 2 N–H and O–H groups in total. The SMILES string of the molecule is CN(Cc1ccc(F)cc1)C(=O)[C@@H](NC(=O)c1ccc2nc(NC(=O)c3cccc(OPI)c3-c3ccc(C(C)(C)C)cc3)ccc2c1)c1ccccc1. The average Bonchev–Trinajstić information content (AvgIpc) is 3.17. The Morgan fingerprint density at radius 3 is 2.26 bits per heavy atom. The van der Waals surface area contributed by atoms with Crippen LogP contribution in [-0.2, 0) is 16.8 Å². The number of amides is 3. The van der Waals surface area contributed by atoms with Gasteiger partial charge in [0.05, 0.1) is 11.1 Å². The molecule has 0 radical (unpaired) electrons. The van der Waals surface area contributed by atoms with Gasteiger partial charge >= 0.3 is 0 Å². The molecule has 2 atom stereocenters. The molecule has 6 rings (SSSR count). The van der Waals surface area contributed by atoms with Crippen molar-refractivity contribution in [2.45, 2.75) is 38.8 Å². The van der Waals surface area contributed by atoms with Gasteiger partial charge in [0.2, 0.25) is 5.91 Å². The third kappa shape index (κ3) is 9.12. The number of hydrogen-bond acceptors (Lipinski definition) is 5. The van der Waals surface area contributed by atoms with Gasteiger partial charge < -0.3 is 20.1 Å². The Kier molecular flexibility index (Phi) is 12.0. The number of nitrogens with zero attached hydrogens (tertiary/aromatic N) is 2. The van der Waals surface area contributed by atoms with Crippen LogP contribution in [0.15, 0.2) is 127 Å². The van der Waals surface area contributed by atoms with Crippen LogP contribution in [0.3, 0.4) is 0 Å². The number of carbonyl (C=O) groups excluding carboxylic acids is 3. The molecule has 1 heterocycles. The van der Waals surface area contributed by atoms with Gasteiger partial charge in [-0.25, -0.2) is 9.37 Å². The number of carbonyl (C=O) groups is 3. The predicted molar refractivity (Wildman–Crippen MR) is 223 cm³/mol. The first kappa shape index (κ1) is 38.5. The smallest absolute Gasteiger partial charge is 0.257 e. The van der Waals surface area contributed by atoms with E-state index in [4.69, 9.17) is 4.52 Å². The van der Waals surface area contributed by atoms with Crippen molar-refractivity contribution in [2.24, 2.45) is 0 Å². The van der Waals surface area contributed by atoms with Crippen molar-refractivity contribution in [3.63, 3.8) is 0 Å². The van der Waals surface area contributed by atoms with Crippen molar-refractivity contribution < 1.29 is 23.3 Å². The molecule has 0 bridgehead atoms. The highest BCUT2D eigenvalue weighted by atomic mass is 127. The van der Waals surface area contributed by atoms with Gasteiger partial charge in [0.25, 0.3) is 11.8 Å². The molecule has 5 aromatic carbocycles. The van der Waals surface area contributed by atoms with Crippen LogP contribution in [0.25, 0.3) is 22.0 Å². The Labute approximate surface area is 328 Å². The molecule has 1 unspecified atom stereocenters. The van der Waals surface area contributed by atoms with Crippen LogP contribution in [0.2, 0.25) is 0 Å². The Hall–Kier alpha value is -5.19. The van der Waals surface area contributed by atoms with Gasteiger partial charge in [0, 0.05) is 30.1 Å². The topological polar surface area (TPSA) is 101 Å². The Morgan fingerprint density at radius 1 is 0.852 bits per heavy atom. The lowest BCUT2D eigenvalue weighted by atomic mass is 9.86. The van der Waals surface area contributed by atoms with Crippen LogP contribution in [0.4, 0.5) is 10.2 Å². The lowest BCUT2D eigenvalue weighted by Crippen LogP contribution is -2.41. The molecule has 11 heteroatoms. The lowest BCUT2D eigenvalue weighted by Gasteiger charge is -2.25. The van der Waals surface area contributed by atoms with E-state index in [1.54, 1.807) is 85.9 Å². The first-order chi connectivity index (χ1) is 25.9. The quantitative estimate of drug-likeness (QED) is 0.0999. The summed E-state index contributed by atoms with van der Waals surface area (Å²) in [5.74, 6) is -0.491. The maximum Gasteiger partial charge on any atom is 0.257 e. The lowest BCUT2D eigenvalue weighted by molar-refractivity contribution is -0.132. The molecule has 0 saturated heterocycles. The minimum absolute atomic E-state index is 0.0155. The van der Waals surface area contributed by atoms with Crippen molar-refractivity contribution >= 4 is 62.9 Å². The molecular formula is C43H39FIN4O4P. The minimum Gasteiger partial charge on any atom is -0.466 e. The summed E-state index contributed by atoms with van der Waals surface area (Å²) in [6, 6.07) is 36.1. The number of pyridine rings is 1. The maximum absolute atomic E-state index is 13.8. The van der Waals surface area contributed by atoms with E-state index in [0.717, 1.165) is 11.1 Å². The van der Waals surface area contributed by atoms with E-state index in [2.05, 4.69) is 70.6 Å². The summed E-state index contributed by atoms with van der Waals surface area (Å²) in [5, 5.41) is 6.53. The highest BCUT2D eigenvalue weighted by Gasteiger charge is 2.27. The highest BCUT2D eigenvalue weighted by molar-refractivity contribution is 14.2. The molecule has 0 aliphatic rings. The first-order valence-electron chi connectivity index (χ1n) is 17.2. The van der Waals surface area contributed by atoms with E-state index in [-0.39, 0.29) is 36.0 Å². The molecule has 0 aliphatic heterocycles. The molecule has 0 aliphatic carbocycles. The highest BCUT2D eigenvalue weighted by Crippen LogP contribution is 2.39. The summed E-state index contributed by atoms with van der Waals surface area (Å²) in [6.07, 6.45) is 0. The molecular weight excluding hydrogens is 813 g/mol. The molecule has 0 spiro atoms. The predicted octanol–water partition coefficient (Wildman–Crippen LogP) is 10.0. The number of aromatic nitrogens is 1. The number of likely N-dealkylation sites (N-methyl/N-ethyl adjacent to an activating group) is 1. The number of benzene rings is 5. The van der Waals surface area contributed by atoms with Gasteiger partial charge in [0.1, 0.15) is 29.9 Å². The third-order valence-corrected chi connectivity index (χ3v) is 9.97. The second-order valence-corrected chi connectivity index (χ2v) is 15.6. The molecule has 6 aromatic rings. The summed E-state index contributed by atoms with van der Waals surface area (Å²) in [4.78, 5) is 47.3. The molecule has 54 heavy (non-hydrogen) atoms. The Morgan fingerprint density at radius 2 is 1.57 bits per heavy atom. The van der Waals surface area contributed by atoms with Crippen molar-refractivity contribution in [1.82, 2.24) is 15.2 Å². The zero-order chi connectivity index (χ0) is 38.4. The minimum atomic E-state index is -0.960. The molecule has 0 saturated carbocycles. The van der Waals surface area contributed by atoms with E-state index in [0.29, 0.717) is 44.7 Å². The number of anilines is 1. The summed E-state index contributed by atoms with van der Waals surface area (Å²) >= 11 is 2.17. The number of fused-ring (bicyclic) bond motifs is 1. The van der Waals surface area contributed by atoms with Crippen molar-refractivity contribution in [3.05, 3.63) is 161 Å². The molecule has 1 aromatic heterocycles. The standard InChI is InChI=1S/C43H39FIN4O4P/c1-43(2,3)32-19-15-28(16-20-32)38-34(11-8-12-36(38)53-54-45)41(51)47-37-24-18-30-25-31(17-23-35(30)46-37)40(50)48-39(29-9-6-5-7-10-29)42(52)49(4)26-27-13-21-33(44)22-14-27/h5-25,39,54H,26H2,1-4H3,(H,48,50)(H,46,47,51)/t39-/m0/s1. The van der Waals surface area contributed by atoms with Gasteiger partial charge in [-0.05, 0) is 104 Å². The normalized spacial score (nSPS) is 12.0. The Balaban J connectivity index is 1.21. The molecule has 274 valence electrons. The summed E-state index contributed by atoms with van der Waals surface area (Å²) in [7, 11) is 1.65. The largest absolute Gasteiger partial charge is 0.466 e. The number of halogens is 2. The van der Waals surface area contributed by atoms with Gasteiger partial charge in [-0.3, -0.25) is 14.4 Å². The number of nitrogens with one attached hydrogen (secondary N) is 2. The fourth-order valence-electron chi connectivity index (χ4n) is 6.11. The second-order valence-electron chi connectivity index (χ2n) is 13.9. The van der Waals surface area contributed by atoms with E-state index >= 15 is 0 Å². The molecule has 8 nitrogen and oxygen atoms in total. The van der Waals surface area contributed by atoms with Crippen molar-refractivity contribution in [2.75, 3.05) is 12.4 Å². The number of hydrogen-bond donors (Lipinski definition) is 2. The van der Waals surface area contributed by atoms with Gasteiger partial charge in [0.15, 0.2) is 0 Å². The molecule has 0 fully saturated rings. The summed E-state index contributed by atoms with van der Waals surface area (Å²) in [6.45, 7) is 6.88. The average molecular weight is 853 g/mol. The number of rotatable bonds is 11. The van der Waals surface area contributed by atoms with Gasteiger partial charge in [-0.15, -0.1) is 0 Å². The van der Waals surface area contributed by atoms with Crippen molar-refractivity contribution in [3.8, 4) is 16.9 Å². The monoisotopic (exact) mass is 852 g/mol. The van der Waals surface area contributed by atoms with Crippen LogP contribution in [0.1, 0.15) is 64.2 Å². The summed E-state index contributed by atoms with van der Waals surface area (Å²) < 4.78 is 19.4. The van der Waals surface area contributed by atoms with Crippen LogP contribution < -0.4 is 15.2 Å². The van der Waals surface area contributed by atoms with E-state index in [1.165, 1.54) is 22.6 Å². The van der Waals surface area contributed by atoms with Gasteiger partial charge in [-0.1, -0.05) is 93.6 Å². The Bertz CT molecular complexity index is 2300. The van der Waals surface area contributed by atoms with E-state index < -0.39 is 11.9 Å². The van der Waals surface area contributed by atoms with Crippen LogP contribution in [0.5, 0.6) is 5.75 Å². The van der Waals surface area contributed by atoms with E-state index in [9.17, 15) is 18.8 Å². The van der Waals surface area contributed by atoms with Crippen LogP contribution in [0, 0.1) is 5.82 Å². The molecule has 3 amide bonds. The second kappa shape index (κ2) is 16.9. The summed E-state index contributed by atoms with van der Waals surface area (Å²) in [5.41, 5.74) is 5.48. The zero-order valence-electron chi connectivity index (χ0n) is 30.2. The van der Waals surface area contributed by atoms with E-state index in [1.807, 2.05) is 24.3 Å². The van der Waals surface area contributed by atoms with Crippen LogP contribution >= 0.6 is 28.5 Å². The fraction of sp³-hybridized carbons (Fsp3) is 0.163.